The predicted octanol–water partition coefficient (Wildman–Crippen LogP) is 2.58. The van der Waals surface area contributed by atoms with Crippen LogP contribution in [-0.4, -0.2) is 8.07 Å². The Morgan fingerprint density at radius 2 is 1.00 bits per heavy atom. The first-order chi connectivity index (χ1) is 6.21. The third-order valence-electron chi connectivity index (χ3n) is 2.77. The molecule has 2 aliphatic carbocycles. The van der Waals surface area contributed by atoms with Crippen molar-refractivity contribution in [2.75, 3.05) is 0 Å². The molecule has 2 fully saturated rings. The molecule has 14 heavy (non-hydrogen) atoms. The van der Waals surface area contributed by atoms with E-state index in [0.29, 0.717) is 0 Å². The molecule has 2 aliphatic rings. The van der Waals surface area contributed by atoms with Gasteiger partial charge in [0.1, 0.15) is 0 Å². The van der Waals surface area contributed by atoms with E-state index in [9.17, 15) is 0 Å². The summed E-state index contributed by atoms with van der Waals surface area (Å²) in [5.74, 6) is 0. The Morgan fingerprint density at radius 3 is 1.29 bits per heavy atom. The van der Waals surface area contributed by atoms with Crippen LogP contribution in [0.5, 0.6) is 0 Å². The van der Waals surface area contributed by atoms with Crippen LogP contribution in [0.3, 0.4) is 0 Å². The Kier molecular flexibility index (Phi) is 4.74. The van der Waals surface area contributed by atoms with Gasteiger partial charge in [-0.25, -0.2) is 0 Å². The fraction of sp³-hybridized carbons (Fsp3) is 0.167. The molecule has 0 aromatic rings. The van der Waals surface area contributed by atoms with Gasteiger partial charge in [-0.05, 0) is 62.4 Å². The molecule has 0 heterocycles. The third kappa shape index (κ3) is 2.45. The van der Waals surface area contributed by atoms with Crippen molar-refractivity contribution in [1.82, 2.24) is 0 Å². The number of rotatable bonds is 2. The van der Waals surface area contributed by atoms with Crippen LogP contribution in [0.1, 0.15) is 0 Å². The first kappa shape index (κ1) is 12.8. The zero-order valence-electron chi connectivity index (χ0n) is 8.47. The van der Waals surface area contributed by atoms with Crippen molar-refractivity contribution < 1.29 is 17.1 Å². The predicted molar refractivity (Wildman–Crippen MR) is 58.4 cm³/mol. The van der Waals surface area contributed by atoms with E-state index in [-0.39, 0.29) is 17.1 Å². The fourth-order valence-corrected chi connectivity index (χ4v) is 4.13. The van der Waals surface area contributed by atoms with Crippen molar-refractivity contribution >= 4 is 8.07 Å². The van der Waals surface area contributed by atoms with Gasteiger partial charge >= 0.3 is 0 Å². The molecule has 0 N–H and O–H groups in total. The molecule has 0 nitrogen and oxygen atoms in total. The summed E-state index contributed by atoms with van der Waals surface area (Å²) in [4.78, 5) is 0. The molecule has 0 aliphatic heterocycles. The van der Waals surface area contributed by atoms with E-state index in [4.69, 9.17) is 0 Å². The van der Waals surface area contributed by atoms with Gasteiger partial charge in [0.15, 0.2) is 0 Å². The van der Waals surface area contributed by atoms with Crippen molar-refractivity contribution in [2.45, 2.75) is 13.1 Å². The van der Waals surface area contributed by atoms with Crippen molar-refractivity contribution in [3.63, 3.8) is 0 Å². The van der Waals surface area contributed by atoms with Gasteiger partial charge in [-0.1, -0.05) is 13.1 Å². The van der Waals surface area contributed by atoms with Crippen LogP contribution >= 0.6 is 0 Å². The maximum Gasteiger partial charge on any atom is 0.0618 e. The molecule has 0 unspecified atom stereocenters. The largest absolute Gasteiger partial charge is 0.0685 e. The number of hydrogen-bond acceptors (Lipinski definition) is 0. The molecule has 0 atom stereocenters. The van der Waals surface area contributed by atoms with Crippen molar-refractivity contribution in [3.8, 4) is 0 Å². The summed E-state index contributed by atoms with van der Waals surface area (Å²) in [7, 11) is -1.35. The van der Waals surface area contributed by atoms with Gasteiger partial charge in [0.2, 0.25) is 0 Å². The molecule has 2 heteroatoms. The Balaban J connectivity index is 0.000000980. The SMILES string of the molecule is C[Si](C)([C]1[CH][CH][CH][CH]1)[C]1[CH][CH][CH][CH]1.[Fe]. The Hall–Kier alpha value is 0.736. The van der Waals surface area contributed by atoms with E-state index in [1.54, 1.807) is 0 Å². The van der Waals surface area contributed by atoms with Gasteiger partial charge in [0.05, 0.1) is 8.07 Å². The third-order valence-corrected chi connectivity index (χ3v) is 6.32. The molecule has 10 radical (unpaired) electrons. The second-order valence-corrected chi connectivity index (χ2v) is 8.38. The zero-order chi connectivity index (χ0) is 9.31. The van der Waals surface area contributed by atoms with Crippen molar-refractivity contribution in [1.29, 1.82) is 0 Å². The Bertz CT molecular complexity index is 149. The molecular weight excluding hydrogens is 228 g/mol. The summed E-state index contributed by atoms with van der Waals surface area (Å²) in [6.45, 7) is 4.80. The molecule has 0 saturated heterocycles. The van der Waals surface area contributed by atoms with Crippen LogP contribution in [0.15, 0.2) is 0 Å². The van der Waals surface area contributed by atoms with Gasteiger partial charge in [-0.3, -0.25) is 0 Å². The average molecular weight is 242 g/mol. The molecule has 0 amide bonds. The quantitative estimate of drug-likeness (QED) is 0.653. The van der Waals surface area contributed by atoms with E-state index in [0.717, 1.165) is 0 Å². The van der Waals surface area contributed by atoms with E-state index < -0.39 is 8.07 Å². The van der Waals surface area contributed by atoms with Gasteiger partial charge in [-0.15, -0.1) is 0 Å². The minimum atomic E-state index is -1.35. The summed E-state index contributed by atoms with van der Waals surface area (Å²) in [5, 5.41) is 0. The Morgan fingerprint density at radius 1 is 0.714 bits per heavy atom. The van der Waals surface area contributed by atoms with E-state index in [1.807, 2.05) is 0 Å². The molecule has 0 bridgehead atoms. The van der Waals surface area contributed by atoms with Gasteiger partial charge in [0, 0.05) is 17.1 Å². The maximum absolute atomic E-state index is 2.40. The summed E-state index contributed by atoms with van der Waals surface area (Å²) in [5.41, 5.74) is 3.05. The van der Waals surface area contributed by atoms with E-state index in [1.165, 1.54) is 11.1 Å². The van der Waals surface area contributed by atoms with E-state index >= 15 is 0 Å². The average Bonchev–Trinajstić information content (AvgIpc) is 2.78. The zero-order valence-corrected chi connectivity index (χ0v) is 10.6. The van der Waals surface area contributed by atoms with Crippen LogP contribution < -0.4 is 0 Å². The standard InChI is InChI=1S/C12H14Si.Fe/c1-13(2,11-7-3-4-8-11)12-9-5-6-10-12;/h3-10H,1-2H3;. The van der Waals surface area contributed by atoms with Gasteiger partial charge < -0.3 is 0 Å². The van der Waals surface area contributed by atoms with Gasteiger partial charge in [-0.2, -0.15) is 0 Å². The molecule has 0 spiro atoms. The molecule has 2 saturated carbocycles. The Labute approximate surface area is 101 Å². The molecular formula is C12H14FeSi. The molecule has 0 aromatic heterocycles. The minimum absolute atomic E-state index is 0. The number of hydrogen-bond donors (Lipinski definition) is 0. The second kappa shape index (κ2) is 5.18. The summed E-state index contributed by atoms with van der Waals surface area (Å²) >= 11 is 0. The summed E-state index contributed by atoms with van der Waals surface area (Å²) in [6, 6.07) is 0. The van der Waals surface area contributed by atoms with E-state index in [2.05, 4.69) is 64.5 Å². The van der Waals surface area contributed by atoms with Crippen LogP contribution in [0.25, 0.3) is 0 Å². The smallest absolute Gasteiger partial charge is 0.0618 e. The van der Waals surface area contributed by atoms with Crippen LogP contribution in [0, 0.1) is 62.4 Å². The fourth-order valence-electron chi connectivity index (χ4n) is 1.75. The van der Waals surface area contributed by atoms with Crippen LogP contribution in [0.4, 0.5) is 0 Å². The summed E-state index contributed by atoms with van der Waals surface area (Å²) in [6.07, 6.45) is 17.5. The molecule has 0 aromatic carbocycles. The second-order valence-electron chi connectivity index (χ2n) is 3.97. The maximum atomic E-state index is 2.40. The minimum Gasteiger partial charge on any atom is -0.0685 e. The monoisotopic (exact) mass is 242 g/mol. The molecule has 2 rings (SSSR count). The molecule has 74 valence electrons. The summed E-state index contributed by atoms with van der Waals surface area (Å²) < 4.78 is 0. The van der Waals surface area contributed by atoms with Crippen molar-refractivity contribution in [3.05, 3.63) is 62.4 Å². The van der Waals surface area contributed by atoms with Crippen LogP contribution in [0.2, 0.25) is 13.1 Å². The van der Waals surface area contributed by atoms with Gasteiger partial charge in [0.25, 0.3) is 0 Å². The first-order valence-corrected chi connectivity index (χ1v) is 7.65. The van der Waals surface area contributed by atoms with Crippen molar-refractivity contribution in [2.24, 2.45) is 0 Å². The van der Waals surface area contributed by atoms with Crippen LogP contribution in [-0.2, 0) is 17.1 Å². The normalized spacial score (nSPS) is 25.3. The topological polar surface area (TPSA) is 0 Å². The first-order valence-electron chi connectivity index (χ1n) is 4.65.